The van der Waals surface area contributed by atoms with E-state index in [2.05, 4.69) is 21.3 Å². The molecule has 1 aromatic carbocycles. The van der Waals surface area contributed by atoms with E-state index in [1.807, 2.05) is 18.2 Å². The Kier molecular flexibility index (Phi) is 6.01. The lowest BCUT2D eigenvalue weighted by molar-refractivity contribution is -0.121. The van der Waals surface area contributed by atoms with Crippen molar-refractivity contribution >= 4 is 17.1 Å². The SMILES string of the molecule is Cn1c(=O)c2c(ncn2CC(=O)NCc2ccccc2CN2CCOCC2)n(C)c1=O. The fourth-order valence-corrected chi connectivity index (χ4v) is 3.81. The van der Waals surface area contributed by atoms with E-state index in [0.29, 0.717) is 6.54 Å². The summed E-state index contributed by atoms with van der Waals surface area (Å²) in [7, 11) is 2.96. The van der Waals surface area contributed by atoms with Crippen LogP contribution in [0.15, 0.2) is 40.2 Å². The number of carbonyl (C=O) groups is 1. The molecule has 0 atom stereocenters. The van der Waals surface area contributed by atoms with Crippen molar-refractivity contribution in [2.75, 3.05) is 26.3 Å². The number of nitrogens with one attached hydrogen (secondary N) is 1. The maximum Gasteiger partial charge on any atom is 0.332 e. The van der Waals surface area contributed by atoms with Crippen LogP contribution in [0.3, 0.4) is 0 Å². The maximum atomic E-state index is 12.6. The zero-order valence-electron chi connectivity index (χ0n) is 17.7. The Hall–Kier alpha value is -3.24. The van der Waals surface area contributed by atoms with Gasteiger partial charge in [-0.2, -0.15) is 0 Å². The second kappa shape index (κ2) is 8.86. The first-order valence-electron chi connectivity index (χ1n) is 10.2. The van der Waals surface area contributed by atoms with Gasteiger partial charge in [-0.25, -0.2) is 9.78 Å². The van der Waals surface area contributed by atoms with Gasteiger partial charge in [0, 0.05) is 40.3 Å². The molecule has 3 aromatic rings. The van der Waals surface area contributed by atoms with Crippen LogP contribution in [0.4, 0.5) is 0 Å². The highest BCUT2D eigenvalue weighted by Crippen LogP contribution is 2.13. The quantitative estimate of drug-likeness (QED) is 0.574. The normalized spacial score (nSPS) is 14.8. The molecule has 1 aliphatic heterocycles. The molecule has 0 spiro atoms. The molecule has 0 unspecified atom stereocenters. The van der Waals surface area contributed by atoms with Crippen molar-refractivity contribution in [2.24, 2.45) is 14.1 Å². The summed E-state index contributed by atoms with van der Waals surface area (Å²) in [4.78, 5) is 43.7. The predicted octanol–water partition coefficient (Wildman–Crippen LogP) is -0.418. The van der Waals surface area contributed by atoms with Crippen molar-refractivity contribution < 1.29 is 9.53 Å². The highest BCUT2D eigenvalue weighted by molar-refractivity contribution is 5.78. The fourth-order valence-electron chi connectivity index (χ4n) is 3.81. The van der Waals surface area contributed by atoms with E-state index >= 15 is 0 Å². The minimum absolute atomic E-state index is 0.0599. The van der Waals surface area contributed by atoms with Crippen LogP contribution in [0.1, 0.15) is 11.1 Å². The number of hydrogen-bond donors (Lipinski definition) is 1. The lowest BCUT2D eigenvalue weighted by Crippen LogP contribution is -2.38. The van der Waals surface area contributed by atoms with Gasteiger partial charge in [0.15, 0.2) is 11.2 Å². The Bertz CT molecular complexity index is 1220. The van der Waals surface area contributed by atoms with Crippen LogP contribution in [-0.4, -0.2) is 55.8 Å². The molecule has 10 heteroatoms. The smallest absolute Gasteiger partial charge is 0.332 e. The van der Waals surface area contributed by atoms with Gasteiger partial charge in [-0.05, 0) is 11.1 Å². The first-order valence-corrected chi connectivity index (χ1v) is 10.2. The number of benzene rings is 1. The summed E-state index contributed by atoms with van der Waals surface area (Å²) in [6, 6.07) is 8.04. The molecule has 31 heavy (non-hydrogen) atoms. The van der Waals surface area contributed by atoms with Gasteiger partial charge in [0.25, 0.3) is 5.56 Å². The summed E-state index contributed by atoms with van der Waals surface area (Å²) in [5.74, 6) is -0.239. The first-order chi connectivity index (χ1) is 15.0. The van der Waals surface area contributed by atoms with E-state index in [4.69, 9.17) is 4.74 Å². The lowest BCUT2D eigenvalue weighted by Gasteiger charge is -2.27. The van der Waals surface area contributed by atoms with Crippen molar-refractivity contribution in [2.45, 2.75) is 19.6 Å². The van der Waals surface area contributed by atoms with Crippen LogP contribution < -0.4 is 16.6 Å². The zero-order chi connectivity index (χ0) is 22.0. The minimum atomic E-state index is -0.473. The van der Waals surface area contributed by atoms with Crippen LogP contribution in [-0.2, 0) is 43.3 Å². The summed E-state index contributed by atoms with van der Waals surface area (Å²) in [5, 5.41) is 2.93. The van der Waals surface area contributed by atoms with Gasteiger partial charge in [-0.1, -0.05) is 24.3 Å². The molecule has 0 radical (unpaired) electrons. The molecular formula is C21H26N6O4. The van der Waals surface area contributed by atoms with Gasteiger partial charge in [-0.15, -0.1) is 0 Å². The van der Waals surface area contributed by atoms with Gasteiger partial charge in [-0.3, -0.25) is 23.6 Å². The zero-order valence-corrected chi connectivity index (χ0v) is 17.7. The van der Waals surface area contributed by atoms with Crippen LogP contribution in [0.25, 0.3) is 11.2 Å². The number of aryl methyl sites for hydroxylation is 1. The largest absolute Gasteiger partial charge is 0.379 e. The summed E-state index contributed by atoms with van der Waals surface area (Å²) in [6.45, 7) is 4.41. The third-order valence-corrected chi connectivity index (χ3v) is 5.62. The Morgan fingerprint density at radius 3 is 2.55 bits per heavy atom. The molecule has 1 N–H and O–H groups in total. The molecule has 3 heterocycles. The van der Waals surface area contributed by atoms with Gasteiger partial charge in [0.1, 0.15) is 6.54 Å². The van der Waals surface area contributed by atoms with Crippen molar-refractivity contribution in [1.29, 1.82) is 0 Å². The van der Waals surface area contributed by atoms with Gasteiger partial charge in [0.05, 0.1) is 19.5 Å². The third kappa shape index (κ3) is 4.30. The minimum Gasteiger partial charge on any atom is -0.379 e. The summed E-state index contributed by atoms with van der Waals surface area (Å²) in [6.07, 6.45) is 1.41. The number of nitrogens with zero attached hydrogens (tertiary/aromatic N) is 5. The lowest BCUT2D eigenvalue weighted by atomic mass is 10.1. The second-order valence-electron chi connectivity index (χ2n) is 7.68. The van der Waals surface area contributed by atoms with Crippen molar-refractivity contribution in [1.82, 2.24) is 28.9 Å². The monoisotopic (exact) mass is 426 g/mol. The molecule has 1 amide bonds. The number of morpholine rings is 1. The molecule has 164 valence electrons. The number of amides is 1. The van der Waals surface area contributed by atoms with Crippen LogP contribution >= 0.6 is 0 Å². The molecule has 1 fully saturated rings. The van der Waals surface area contributed by atoms with E-state index in [0.717, 1.165) is 43.0 Å². The molecule has 1 aliphatic rings. The number of ether oxygens (including phenoxy) is 1. The van der Waals surface area contributed by atoms with E-state index < -0.39 is 11.2 Å². The Morgan fingerprint density at radius 1 is 1.10 bits per heavy atom. The van der Waals surface area contributed by atoms with E-state index in [1.54, 1.807) is 7.05 Å². The molecule has 0 saturated carbocycles. The Balaban J connectivity index is 1.46. The van der Waals surface area contributed by atoms with Crippen molar-refractivity contribution in [3.05, 3.63) is 62.6 Å². The molecule has 0 aliphatic carbocycles. The Morgan fingerprint density at radius 2 is 1.81 bits per heavy atom. The Labute approximate surface area is 178 Å². The van der Waals surface area contributed by atoms with Crippen molar-refractivity contribution in [3.63, 3.8) is 0 Å². The summed E-state index contributed by atoms with van der Waals surface area (Å²) >= 11 is 0. The van der Waals surface area contributed by atoms with E-state index in [-0.39, 0.29) is 23.6 Å². The summed E-state index contributed by atoms with van der Waals surface area (Å²) in [5.41, 5.74) is 1.78. The fraction of sp³-hybridized carbons (Fsp3) is 0.429. The number of aromatic nitrogens is 4. The number of fused-ring (bicyclic) bond motifs is 1. The van der Waals surface area contributed by atoms with Gasteiger partial charge < -0.3 is 14.6 Å². The van der Waals surface area contributed by atoms with E-state index in [9.17, 15) is 14.4 Å². The first kappa shape index (κ1) is 21.0. The summed E-state index contributed by atoms with van der Waals surface area (Å²) < 4.78 is 9.20. The van der Waals surface area contributed by atoms with Crippen LogP contribution in [0, 0.1) is 0 Å². The maximum absolute atomic E-state index is 12.6. The highest BCUT2D eigenvalue weighted by atomic mass is 16.5. The number of imidazole rings is 1. The van der Waals surface area contributed by atoms with Crippen molar-refractivity contribution in [3.8, 4) is 0 Å². The number of rotatable bonds is 6. The third-order valence-electron chi connectivity index (χ3n) is 5.62. The molecular weight excluding hydrogens is 400 g/mol. The molecule has 1 saturated heterocycles. The molecule has 4 rings (SSSR count). The van der Waals surface area contributed by atoms with Gasteiger partial charge in [0.2, 0.25) is 5.91 Å². The van der Waals surface area contributed by atoms with Crippen LogP contribution in [0.5, 0.6) is 0 Å². The average Bonchev–Trinajstić information content (AvgIpc) is 3.20. The molecule has 0 bridgehead atoms. The molecule has 10 nitrogen and oxygen atoms in total. The van der Waals surface area contributed by atoms with Crippen LogP contribution in [0.2, 0.25) is 0 Å². The molecule has 2 aromatic heterocycles. The van der Waals surface area contributed by atoms with E-state index in [1.165, 1.54) is 28.1 Å². The number of hydrogen-bond acceptors (Lipinski definition) is 6. The number of carbonyl (C=O) groups excluding carboxylic acids is 1. The van der Waals surface area contributed by atoms with Gasteiger partial charge >= 0.3 is 5.69 Å². The standard InChI is InChI=1S/C21H26N6O4/c1-24-19-18(20(29)25(2)21(24)30)27(14-23-19)13-17(28)22-11-15-5-3-4-6-16(15)12-26-7-9-31-10-8-26/h3-6,14H,7-13H2,1-2H3,(H,22,28). The predicted molar refractivity (Wildman–Crippen MR) is 115 cm³/mol. The highest BCUT2D eigenvalue weighted by Gasteiger charge is 2.17. The average molecular weight is 426 g/mol. The second-order valence-corrected chi connectivity index (χ2v) is 7.68. The topological polar surface area (TPSA) is 103 Å².